The highest BCUT2D eigenvalue weighted by molar-refractivity contribution is 6.10. The molecule has 33 heavy (non-hydrogen) atoms. The summed E-state index contributed by atoms with van der Waals surface area (Å²) in [5.74, 6) is 0.652. The Hall–Kier alpha value is -3.35. The average Bonchev–Trinajstić information content (AvgIpc) is 3.58. The molecule has 3 aliphatic rings. The molecule has 5 rings (SSSR count). The molecule has 172 valence electrons. The number of amides is 4. The number of rotatable bonds is 7. The van der Waals surface area contributed by atoms with Gasteiger partial charge in [-0.2, -0.15) is 0 Å². The molecule has 2 aliphatic carbocycles. The molecule has 1 saturated carbocycles. The first-order valence-electron chi connectivity index (χ1n) is 11.6. The molecule has 2 aromatic rings. The van der Waals surface area contributed by atoms with Gasteiger partial charge in [-0.05, 0) is 67.3 Å². The van der Waals surface area contributed by atoms with Crippen LogP contribution in [0.1, 0.15) is 42.9 Å². The lowest BCUT2D eigenvalue weighted by atomic mass is 9.91. The molecule has 0 radical (unpaired) electrons. The Labute approximate surface area is 193 Å². The smallest absolute Gasteiger partial charge is 0.325 e. The number of ether oxygens (including phenoxy) is 1. The number of fused-ring (bicyclic) bond motifs is 2. The average molecular weight is 448 g/mol. The first-order valence-corrected chi connectivity index (χ1v) is 11.6. The Morgan fingerprint density at radius 1 is 1.21 bits per heavy atom. The van der Waals surface area contributed by atoms with E-state index in [1.807, 2.05) is 47.4 Å². The van der Waals surface area contributed by atoms with Gasteiger partial charge in [0.1, 0.15) is 17.8 Å². The van der Waals surface area contributed by atoms with E-state index in [0.717, 1.165) is 40.2 Å². The zero-order valence-electron chi connectivity index (χ0n) is 19.0. The Balaban J connectivity index is 1.37. The van der Waals surface area contributed by atoms with Gasteiger partial charge in [-0.25, -0.2) is 4.79 Å². The summed E-state index contributed by atoms with van der Waals surface area (Å²) in [6.45, 7) is 2.28. The summed E-state index contributed by atoms with van der Waals surface area (Å²) in [4.78, 5) is 42.8. The van der Waals surface area contributed by atoms with E-state index in [0.29, 0.717) is 25.3 Å². The van der Waals surface area contributed by atoms with E-state index in [4.69, 9.17) is 4.74 Å². The van der Waals surface area contributed by atoms with Crippen LogP contribution in [0.25, 0.3) is 0 Å². The molecular formula is C26H29N3O4. The number of carbonyl (C=O) groups excluding carboxylic acids is 3. The van der Waals surface area contributed by atoms with Gasteiger partial charge in [-0.3, -0.25) is 14.5 Å². The monoisotopic (exact) mass is 447 g/mol. The molecule has 2 atom stereocenters. The van der Waals surface area contributed by atoms with Crippen molar-refractivity contribution in [2.75, 3.05) is 13.7 Å². The minimum Gasteiger partial charge on any atom is -0.497 e. The largest absolute Gasteiger partial charge is 0.497 e. The van der Waals surface area contributed by atoms with Crippen LogP contribution in [-0.4, -0.2) is 47.3 Å². The summed E-state index contributed by atoms with van der Waals surface area (Å²) < 4.78 is 5.30. The fraction of sp³-hybridized carbons (Fsp3) is 0.423. The van der Waals surface area contributed by atoms with Crippen LogP contribution in [0.15, 0.2) is 48.5 Å². The van der Waals surface area contributed by atoms with E-state index in [1.165, 1.54) is 0 Å². The van der Waals surface area contributed by atoms with Gasteiger partial charge in [0.05, 0.1) is 7.11 Å². The number of hydrogen-bond donors (Lipinski definition) is 1. The fourth-order valence-corrected chi connectivity index (χ4v) is 5.20. The van der Waals surface area contributed by atoms with Gasteiger partial charge in [-0.1, -0.05) is 36.4 Å². The minimum absolute atomic E-state index is 0.0621. The Morgan fingerprint density at radius 2 is 1.97 bits per heavy atom. The Morgan fingerprint density at radius 3 is 2.67 bits per heavy atom. The quantitative estimate of drug-likeness (QED) is 0.661. The van der Waals surface area contributed by atoms with E-state index in [-0.39, 0.29) is 24.4 Å². The molecule has 1 N–H and O–H groups in total. The van der Waals surface area contributed by atoms with Crippen LogP contribution >= 0.6 is 0 Å². The van der Waals surface area contributed by atoms with Crippen molar-refractivity contribution < 1.29 is 19.1 Å². The molecule has 0 aromatic heterocycles. The third-order valence-electron chi connectivity index (χ3n) is 7.32. The zero-order valence-corrected chi connectivity index (χ0v) is 19.0. The van der Waals surface area contributed by atoms with Gasteiger partial charge in [0.15, 0.2) is 0 Å². The zero-order chi connectivity index (χ0) is 23.2. The van der Waals surface area contributed by atoms with Gasteiger partial charge < -0.3 is 15.0 Å². The first kappa shape index (κ1) is 21.5. The molecular weight excluding hydrogens is 418 g/mol. The standard InChI is InChI=1S/C26H29N3O4/c1-17(19-8-9-19)28(15-18-6-4-3-5-7-18)23(30)16-29-24(31)26(27-25(29)32)13-12-20-14-21(33-2)10-11-22(20)26/h3-7,10-11,14,17,19H,8-9,12-13,15-16H2,1-2H3,(H,27,32). The van der Waals surface area contributed by atoms with Gasteiger partial charge >= 0.3 is 6.03 Å². The lowest BCUT2D eigenvalue weighted by Gasteiger charge is -2.31. The molecule has 7 nitrogen and oxygen atoms in total. The Bertz CT molecular complexity index is 1100. The lowest BCUT2D eigenvalue weighted by molar-refractivity contribution is -0.141. The summed E-state index contributed by atoms with van der Waals surface area (Å²) in [5, 5.41) is 2.91. The van der Waals surface area contributed by atoms with Crippen molar-refractivity contribution >= 4 is 17.8 Å². The van der Waals surface area contributed by atoms with Crippen molar-refractivity contribution in [2.45, 2.75) is 50.7 Å². The van der Waals surface area contributed by atoms with Gasteiger partial charge in [0.25, 0.3) is 5.91 Å². The molecule has 2 aromatic carbocycles. The number of urea groups is 1. The second kappa shape index (κ2) is 8.21. The number of hydrogen-bond acceptors (Lipinski definition) is 4. The molecule has 7 heteroatoms. The minimum atomic E-state index is -1.09. The number of imide groups is 1. The van der Waals surface area contributed by atoms with E-state index >= 15 is 0 Å². The fourth-order valence-electron chi connectivity index (χ4n) is 5.20. The molecule has 1 aliphatic heterocycles. The molecule has 4 amide bonds. The van der Waals surface area contributed by atoms with Crippen LogP contribution in [0.4, 0.5) is 4.79 Å². The van der Waals surface area contributed by atoms with Crippen LogP contribution in [0.2, 0.25) is 0 Å². The summed E-state index contributed by atoms with van der Waals surface area (Å²) >= 11 is 0. The Kier molecular flexibility index (Phi) is 5.35. The second-order valence-corrected chi connectivity index (χ2v) is 9.34. The van der Waals surface area contributed by atoms with Crippen LogP contribution in [0.5, 0.6) is 5.75 Å². The normalized spacial score (nSPS) is 22.3. The molecule has 1 heterocycles. The lowest BCUT2D eigenvalue weighted by Crippen LogP contribution is -2.47. The van der Waals surface area contributed by atoms with Crippen molar-refractivity contribution in [3.8, 4) is 5.75 Å². The third kappa shape index (κ3) is 3.75. The molecule has 0 bridgehead atoms. The molecule has 2 unspecified atom stereocenters. The maximum Gasteiger partial charge on any atom is 0.325 e. The number of aryl methyl sites for hydroxylation is 1. The number of nitrogens with one attached hydrogen (secondary N) is 1. The van der Waals surface area contributed by atoms with Crippen molar-refractivity contribution in [3.63, 3.8) is 0 Å². The predicted octanol–water partition coefficient (Wildman–Crippen LogP) is 3.22. The van der Waals surface area contributed by atoms with E-state index in [9.17, 15) is 14.4 Å². The number of benzene rings is 2. The SMILES string of the molecule is COc1ccc2c(c1)CCC21NC(=O)N(CC(=O)N(Cc2ccccc2)C(C)C2CC2)C1=O. The van der Waals surface area contributed by atoms with Crippen molar-refractivity contribution in [1.82, 2.24) is 15.1 Å². The second-order valence-electron chi connectivity index (χ2n) is 9.34. The van der Waals surface area contributed by atoms with E-state index in [2.05, 4.69) is 12.2 Å². The van der Waals surface area contributed by atoms with Gasteiger partial charge in [-0.15, -0.1) is 0 Å². The number of nitrogens with zero attached hydrogens (tertiary/aromatic N) is 2. The van der Waals surface area contributed by atoms with E-state index < -0.39 is 11.6 Å². The maximum atomic E-state index is 13.5. The highest BCUT2D eigenvalue weighted by atomic mass is 16.5. The highest BCUT2D eigenvalue weighted by Crippen LogP contribution is 2.42. The van der Waals surface area contributed by atoms with Crippen LogP contribution in [-0.2, 0) is 28.1 Å². The van der Waals surface area contributed by atoms with Gasteiger partial charge in [0.2, 0.25) is 5.91 Å². The summed E-state index contributed by atoms with van der Waals surface area (Å²) in [7, 11) is 1.60. The number of methoxy groups -OCH3 is 1. The first-order chi connectivity index (χ1) is 15.9. The van der Waals surface area contributed by atoms with Crippen LogP contribution < -0.4 is 10.1 Å². The van der Waals surface area contributed by atoms with Crippen molar-refractivity contribution in [2.24, 2.45) is 5.92 Å². The summed E-state index contributed by atoms with van der Waals surface area (Å²) in [6.07, 6.45) is 3.36. The molecule has 2 fully saturated rings. The number of carbonyl (C=O) groups is 3. The molecule has 1 saturated heterocycles. The summed E-state index contributed by atoms with van der Waals surface area (Å²) in [5.41, 5.74) is 1.73. The van der Waals surface area contributed by atoms with Gasteiger partial charge in [0, 0.05) is 12.6 Å². The predicted molar refractivity (Wildman–Crippen MR) is 122 cm³/mol. The van der Waals surface area contributed by atoms with Crippen molar-refractivity contribution in [1.29, 1.82) is 0 Å². The van der Waals surface area contributed by atoms with Crippen LogP contribution in [0, 0.1) is 5.92 Å². The topological polar surface area (TPSA) is 79.0 Å². The molecule has 1 spiro atoms. The van der Waals surface area contributed by atoms with E-state index in [1.54, 1.807) is 13.2 Å². The van der Waals surface area contributed by atoms with Crippen LogP contribution in [0.3, 0.4) is 0 Å². The maximum absolute atomic E-state index is 13.5. The highest BCUT2D eigenvalue weighted by Gasteiger charge is 2.56. The third-order valence-corrected chi connectivity index (χ3v) is 7.32. The van der Waals surface area contributed by atoms with Crippen molar-refractivity contribution in [3.05, 3.63) is 65.2 Å². The summed E-state index contributed by atoms with van der Waals surface area (Å²) in [6, 6.07) is 15.0.